The van der Waals surface area contributed by atoms with Crippen LogP contribution in [0.3, 0.4) is 0 Å². The fourth-order valence-electron chi connectivity index (χ4n) is 3.28. The molecule has 2 heterocycles. The molecule has 0 aliphatic carbocycles. The Kier molecular flexibility index (Phi) is 5.97. The Balaban J connectivity index is 1.63. The van der Waals surface area contributed by atoms with E-state index >= 15 is 0 Å². The van der Waals surface area contributed by atoms with Crippen LogP contribution in [0, 0.1) is 11.8 Å². The molecule has 1 aromatic heterocycles. The van der Waals surface area contributed by atoms with E-state index in [0.717, 1.165) is 31.5 Å². The SMILES string of the molecule is NN1CCC([C@H](Cc2ccc(C(=O)Nc3nccs3)cc2)C(=O)O)CC1. The number of rotatable bonds is 6. The molecular formula is C18H22N4O3S. The fraction of sp³-hybridized carbons (Fsp3) is 0.389. The van der Waals surface area contributed by atoms with Gasteiger partial charge in [0.15, 0.2) is 5.13 Å². The van der Waals surface area contributed by atoms with Crippen molar-refractivity contribution in [1.82, 2.24) is 9.99 Å². The summed E-state index contributed by atoms with van der Waals surface area (Å²) >= 11 is 1.36. The maximum absolute atomic E-state index is 12.2. The van der Waals surface area contributed by atoms with Crippen molar-refractivity contribution in [2.45, 2.75) is 19.3 Å². The molecule has 1 aliphatic rings. The Morgan fingerprint density at radius 1 is 1.31 bits per heavy atom. The summed E-state index contributed by atoms with van der Waals surface area (Å²) < 4.78 is 0. The van der Waals surface area contributed by atoms with Crippen LogP contribution in [0.15, 0.2) is 35.8 Å². The van der Waals surface area contributed by atoms with Crippen molar-refractivity contribution in [1.29, 1.82) is 0 Å². The molecular weight excluding hydrogens is 352 g/mol. The minimum atomic E-state index is -0.772. The molecule has 4 N–H and O–H groups in total. The number of benzene rings is 1. The van der Waals surface area contributed by atoms with E-state index in [1.807, 2.05) is 12.1 Å². The third-order valence-corrected chi connectivity index (χ3v) is 5.47. The van der Waals surface area contributed by atoms with E-state index < -0.39 is 11.9 Å². The third kappa shape index (κ3) is 4.66. The number of piperidine rings is 1. The van der Waals surface area contributed by atoms with Gasteiger partial charge in [-0.25, -0.2) is 9.99 Å². The Morgan fingerprint density at radius 2 is 2.00 bits per heavy atom. The molecule has 2 aromatic rings. The van der Waals surface area contributed by atoms with E-state index in [-0.39, 0.29) is 11.8 Å². The molecule has 7 nitrogen and oxygen atoms in total. The van der Waals surface area contributed by atoms with Crippen LogP contribution in [-0.2, 0) is 11.2 Å². The molecule has 3 rings (SSSR count). The molecule has 0 radical (unpaired) electrons. The summed E-state index contributed by atoms with van der Waals surface area (Å²) in [5.74, 6) is 4.46. The molecule has 1 aromatic carbocycles. The number of anilines is 1. The molecule has 1 atom stereocenters. The lowest BCUT2D eigenvalue weighted by Gasteiger charge is -2.32. The number of thiazole rings is 1. The van der Waals surface area contributed by atoms with Crippen LogP contribution in [0.4, 0.5) is 5.13 Å². The number of hydrazine groups is 1. The highest BCUT2D eigenvalue weighted by molar-refractivity contribution is 7.13. The summed E-state index contributed by atoms with van der Waals surface area (Å²) in [6.07, 6.45) is 3.67. The van der Waals surface area contributed by atoms with Gasteiger partial charge in [-0.05, 0) is 42.9 Å². The van der Waals surface area contributed by atoms with Crippen LogP contribution < -0.4 is 11.2 Å². The number of carbonyl (C=O) groups is 2. The normalized spacial score (nSPS) is 17.0. The third-order valence-electron chi connectivity index (χ3n) is 4.78. The number of nitrogens with zero attached hydrogens (tertiary/aromatic N) is 2. The summed E-state index contributed by atoms with van der Waals surface area (Å²) in [6, 6.07) is 7.09. The first-order valence-corrected chi connectivity index (χ1v) is 9.43. The molecule has 1 fully saturated rings. The number of nitrogens with one attached hydrogen (secondary N) is 1. The van der Waals surface area contributed by atoms with E-state index in [9.17, 15) is 14.7 Å². The van der Waals surface area contributed by atoms with E-state index in [2.05, 4.69) is 10.3 Å². The second kappa shape index (κ2) is 8.39. The topological polar surface area (TPSA) is 109 Å². The van der Waals surface area contributed by atoms with Crippen molar-refractivity contribution < 1.29 is 14.7 Å². The Labute approximate surface area is 155 Å². The lowest BCUT2D eigenvalue weighted by Crippen LogP contribution is -2.42. The van der Waals surface area contributed by atoms with Crippen LogP contribution in [0.1, 0.15) is 28.8 Å². The molecule has 0 saturated carbocycles. The van der Waals surface area contributed by atoms with Crippen molar-refractivity contribution in [3.05, 3.63) is 47.0 Å². The van der Waals surface area contributed by atoms with Gasteiger partial charge in [-0.2, -0.15) is 0 Å². The van der Waals surface area contributed by atoms with Crippen LogP contribution in [0.2, 0.25) is 0 Å². The minimum absolute atomic E-state index is 0.125. The van der Waals surface area contributed by atoms with Gasteiger partial charge in [0.1, 0.15) is 0 Å². The summed E-state index contributed by atoms with van der Waals surface area (Å²) in [4.78, 5) is 27.9. The second-order valence-electron chi connectivity index (χ2n) is 6.51. The highest BCUT2D eigenvalue weighted by Crippen LogP contribution is 2.27. The predicted molar refractivity (Wildman–Crippen MR) is 99.8 cm³/mol. The van der Waals surface area contributed by atoms with E-state index in [1.165, 1.54) is 11.3 Å². The summed E-state index contributed by atoms with van der Waals surface area (Å²) in [6.45, 7) is 1.45. The molecule has 0 bridgehead atoms. The first kappa shape index (κ1) is 18.5. The van der Waals surface area contributed by atoms with Gasteiger partial charge < -0.3 is 5.11 Å². The van der Waals surface area contributed by atoms with Gasteiger partial charge >= 0.3 is 5.97 Å². The van der Waals surface area contributed by atoms with Crippen molar-refractivity contribution in [3.8, 4) is 0 Å². The maximum atomic E-state index is 12.2. The minimum Gasteiger partial charge on any atom is -0.481 e. The van der Waals surface area contributed by atoms with Crippen molar-refractivity contribution in [2.24, 2.45) is 17.7 Å². The van der Waals surface area contributed by atoms with Gasteiger partial charge in [-0.1, -0.05) is 12.1 Å². The zero-order valence-electron chi connectivity index (χ0n) is 14.3. The molecule has 138 valence electrons. The van der Waals surface area contributed by atoms with Crippen LogP contribution >= 0.6 is 11.3 Å². The van der Waals surface area contributed by atoms with E-state index in [4.69, 9.17) is 5.84 Å². The zero-order valence-corrected chi connectivity index (χ0v) is 15.1. The summed E-state index contributed by atoms with van der Waals surface area (Å²) in [5, 5.41) is 16.4. The number of aromatic nitrogens is 1. The molecule has 1 aliphatic heterocycles. The molecule has 8 heteroatoms. The van der Waals surface area contributed by atoms with Gasteiger partial charge in [0.05, 0.1) is 5.92 Å². The van der Waals surface area contributed by atoms with Crippen LogP contribution in [0.5, 0.6) is 0 Å². The number of hydrogen-bond acceptors (Lipinski definition) is 6. The summed E-state index contributed by atoms with van der Waals surface area (Å²) in [5.41, 5.74) is 1.44. The van der Waals surface area contributed by atoms with Crippen LogP contribution in [0.25, 0.3) is 0 Å². The van der Waals surface area contributed by atoms with Gasteiger partial charge in [-0.15, -0.1) is 11.3 Å². The van der Waals surface area contributed by atoms with E-state index in [0.29, 0.717) is 17.1 Å². The van der Waals surface area contributed by atoms with Crippen LogP contribution in [-0.4, -0.2) is 40.1 Å². The smallest absolute Gasteiger partial charge is 0.307 e. The lowest BCUT2D eigenvalue weighted by atomic mass is 9.81. The van der Waals surface area contributed by atoms with E-state index in [1.54, 1.807) is 28.7 Å². The average Bonchev–Trinajstić information content (AvgIpc) is 3.14. The quantitative estimate of drug-likeness (QED) is 0.669. The standard InChI is InChI=1S/C18H22N4O3S/c19-22-8-5-13(6-9-22)15(17(24)25)11-12-1-3-14(4-2-12)16(23)21-18-20-7-10-26-18/h1-4,7,10,13,15H,5-6,8-9,11,19H2,(H,24,25)(H,20,21,23)/t15-/m0/s1. The Bertz CT molecular complexity index is 740. The highest BCUT2D eigenvalue weighted by Gasteiger charge is 2.30. The number of carboxylic acids is 1. The number of carbonyl (C=O) groups excluding carboxylic acids is 1. The van der Waals surface area contributed by atoms with Crippen molar-refractivity contribution in [2.75, 3.05) is 18.4 Å². The van der Waals surface area contributed by atoms with Crippen molar-refractivity contribution in [3.63, 3.8) is 0 Å². The summed E-state index contributed by atoms with van der Waals surface area (Å²) in [7, 11) is 0. The average molecular weight is 374 g/mol. The van der Waals surface area contributed by atoms with Gasteiger partial charge in [-0.3, -0.25) is 20.7 Å². The maximum Gasteiger partial charge on any atom is 0.307 e. The highest BCUT2D eigenvalue weighted by atomic mass is 32.1. The predicted octanol–water partition coefficient (Wildman–Crippen LogP) is 2.22. The molecule has 0 unspecified atom stereocenters. The molecule has 1 saturated heterocycles. The van der Waals surface area contributed by atoms with Crippen molar-refractivity contribution >= 4 is 28.3 Å². The number of nitrogens with two attached hydrogens (primary N) is 1. The van der Waals surface area contributed by atoms with Gasteiger partial charge in [0.25, 0.3) is 5.91 Å². The second-order valence-corrected chi connectivity index (χ2v) is 7.41. The zero-order chi connectivity index (χ0) is 18.5. The molecule has 26 heavy (non-hydrogen) atoms. The number of carboxylic acid groups (broad SMARTS) is 1. The molecule has 0 spiro atoms. The number of amides is 1. The lowest BCUT2D eigenvalue weighted by molar-refractivity contribution is -0.144. The number of aliphatic carboxylic acids is 1. The first-order valence-electron chi connectivity index (χ1n) is 8.55. The Hall–Kier alpha value is -2.29. The number of hydrogen-bond donors (Lipinski definition) is 3. The Morgan fingerprint density at radius 3 is 2.58 bits per heavy atom. The fourth-order valence-corrected chi connectivity index (χ4v) is 3.80. The largest absolute Gasteiger partial charge is 0.481 e. The first-order chi connectivity index (χ1) is 12.5. The van der Waals surface area contributed by atoms with Gasteiger partial charge in [0, 0.05) is 30.2 Å². The molecule has 1 amide bonds. The van der Waals surface area contributed by atoms with Gasteiger partial charge in [0.2, 0.25) is 0 Å². The monoisotopic (exact) mass is 374 g/mol.